The molecule has 0 aromatic heterocycles. The quantitative estimate of drug-likeness (QED) is 0.848. The molecule has 1 amide bonds. The molecule has 1 saturated carbocycles. The lowest BCUT2D eigenvalue weighted by atomic mass is 10.1. The number of carbonyl (C=O) groups excluding carboxylic acids is 2. The van der Waals surface area contributed by atoms with Crippen molar-refractivity contribution in [2.75, 3.05) is 0 Å². The molecule has 1 aromatic rings. The van der Waals surface area contributed by atoms with Gasteiger partial charge in [0.2, 0.25) is 5.91 Å². The summed E-state index contributed by atoms with van der Waals surface area (Å²) in [6, 6.07) is 6.46. The van der Waals surface area contributed by atoms with Crippen molar-refractivity contribution in [1.29, 1.82) is 0 Å². The number of carbonyl (C=O) groups is 2. The van der Waals surface area contributed by atoms with E-state index in [1.165, 1.54) is 0 Å². The maximum atomic E-state index is 11.8. The summed E-state index contributed by atoms with van der Waals surface area (Å²) in [4.78, 5) is 23.6. The third-order valence-corrected chi connectivity index (χ3v) is 3.52. The van der Waals surface area contributed by atoms with Crippen LogP contribution in [-0.4, -0.2) is 24.0 Å². The Bertz CT molecular complexity index is 518. The third kappa shape index (κ3) is 4.23. The molecule has 2 rings (SSSR count). The van der Waals surface area contributed by atoms with Gasteiger partial charge in [0, 0.05) is 5.02 Å². The number of esters is 1. The zero-order chi connectivity index (χ0) is 14.7. The lowest BCUT2D eigenvalue weighted by molar-refractivity contribution is -0.148. The van der Waals surface area contributed by atoms with Crippen LogP contribution >= 0.6 is 11.6 Å². The summed E-state index contributed by atoms with van der Waals surface area (Å²) >= 11 is 5.86. The summed E-state index contributed by atoms with van der Waals surface area (Å²) < 4.78 is 5.23. The first-order valence-corrected chi connectivity index (χ1v) is 7.08. The van der Waals surface area contributed by atoms with Gasteiger partial charge in [-0.05, 0) is 37.0 Å². The van der Waals surface area contributed by atoms with Crippen LogP contribution in [0.15, 0.2) is 24.3 Å². The smallest absolute Gasteiger partial charge is 0.328 e. The lowest BCUT2D eigenvalue weighted by Crippen LogP contribution is -2.40. The van der Waals surface area contributed by atoms with Gasteiger partial charge in [-0.1, -0.05) is 30.7 Å². The Morgan fingerprint density at radius 1 is 1.50 bits per heavy atom. The maximum Gasteiger partial charge on any atom is 0.328 e. The molecule has 0 spiro atoms. The van der Waals surface area contributed by atoms with Crippen molar-refractivity contribution in [3.05, 3.63) is 34.9 Å². The molecule has 1 aliphatic rings. The average molecular weight is 296 g/mol. The fourth-order valence-corrected chi connectivity index (χ4v) is 2.10. The van der Waals surface area contributed by atoms with Crippen molar-refractivity contribution in [2.45, 2.75) is 38.8 Å². The second-order valence-corrected chi connectivity index (χ2v) is 5.72. The summed E-state index contributed by atoms with van der Waals surface area (Å²) in [6.45, 7) is 3.66. The van der Waals surface area contributed by atoms with Crippen LogP contribution in [0.5, 0.6) is 0 Å². The van der Waals surface area contributed by atoms with Crippen LogP contribution < -0.4 is 5.32 Å². The zero-order valence-corrected chi connectivity index (χ0v) is 12.3. The zero-order valence-electron chi connectivity index (χ0n) is 11.6. The van der Waals surface area contributed by atoms with Crippen molar-refractivity contribution in [2.24, 2.45) is 5.92 Å². The second kappa shape index (κ2) is 6.27. The van der Waals surface area contributed by atoms with Gasteiger partial charge in [-0.2, -0.15) is 0 Å². The molecule has 3 atom stereocenters. The first-order valence-electron chi connectivity index (χ1n) is 6.70. The minimum absolute atomic E-state index is 0.0229. The molecule has 108 valence electrons. The van der Waals surface area contributed by atoms with Crippen molar-refractivity contribution in [3.63, 3.8) is 0 Å². The van der Waals surface area contributed by atoms with Crippen LogP contribution in [0.1, 0.15) is 25.8 Å². The van der Waals surface area contributed by atoms with Gasteiger partial charge in [0.05, 0.1) is 6.42 Å². The van der Waals surface area contributed by atoms with Gasteiger partial charge in [-0.25, -0.2) is 4.79 Å². The van der Waals surface area contributed by atoms with Gasteiger partial charge in [-0.3, -0.25) is 4.79 Å². The highest BCUT2D eigenvalue weighted by atomic mass is 35.5. The second-order valence-electron chi connectivity index (χ2n) is 5.28. The number of amides is 1. The van der Waals surface area contributed by atoms with E-state index in [4.69, 9.17) is 16.3 Å². The lowest BCUT2D eigenvalue weighted by Gasteiger charge is -2.13. The maximum absolute atomic E-state index is 11.8. The highest BCUT2D eigenvalue weighted by Gasteiger charge is 2.37. The normalized spacial score (nSPS) is 21.9. The van der Waals surface area contributed by atoms with Gasteiger partial charge >= 0.3 is 5.97 Å². The van der Waals surface area contributed by atoms with E-state index in [-0.39, 0.29) is 24.4 Å². The van der Waals surface area contributed by atoms with Crippen LogP contribution in [0.25, 0.3) is 0 Å². The fourth-order valence-electron chi connectivity index (χ4n) is 1.89. The molecule has 0 aliphatic heterocycles. The Hall–Kier alpha value is -1.55. The number of benzene rings is 1. The van der Waals surface area contributed by atoms with E-state index in [1.807, 2.05) is 13.0 Å². The highest BCUT2D eigenvalue weighted by Crippen LogP contribution is 2.32. The fraction of sp³-hybridized carbons (Fsp3) is 0.467. The van der Waals surface area contributed by atoms with E-state index in [0.717, 1.165) is 12.0 Å². The molecule has 20 heavy (non-hydrogen) atoms. The Morgan fingerprint density at radius 3 is 2.80 bits per heavy atom. The monoisotopic (exact) mass is 295 g/mol. The van der Waals surface area contributed by atoms with Crippen LogP contribution in [0.2, 0.25) is 5.02 Å². The average Bonchev–Trinajstić information content (AvgIpc) is 3.04. The number of rotatable bonds is 5. The first-order chi connectivity index (χ1) is 9.45. The van der Waals surface area contributed by atoms with Gasteiger partial charge in [0.25, 0.3) is 0 Å². The summed E-state index contributed by atoms with van der Waals surface area (Å²) in [5.74, 6) is -0.160. The molecule has 1 aromatic carbocycles. The van der Waals surface area contributed by atoms with Crippen molar-refractivity contribution in [1.82, 2.24) is 5.32 Å². The summed E-state index contributed by atoms with van der Waals surface area (Å²) in [5.41, 5.74) is 0.811. The van der Waals surface area contributed by atoms with Gasteiger partial charge < -0.3 is 10.1 Å². The first kappa shape index (κ1) is 14.9. The van der Waals surface area contributed by atoms with Crippen LogP contribution in [-0.2, 0) is 20.7 Å². The van der Waals surface area contributed by atoms with E-state index in [1.54, 1.807) is 25.1 Å². The topological polar surface area (TPSA) is 55.4 Å². The van der Waals surface area contributed by atoms with Crippen LogP contribution in [0.4, 0.5) is 0 Å². The SMILES string of the molecule is CC1CC1OC(=O)[C@H](C)NC(=O)Cc1cccc(Cl)c1. The molecule has 0 saturated heterocycles. The van der Waals surface area contributed by atoms with Crippen molar-refractivity contribution >= 4 is 23.5 Å². The molecule has 1 N–H and O–H groups in total. The Morgan fingerprint density at radius 2 is 2.20 bits per heavy atom. The number of ether oxygens (including phenoxy) is 1. The summed E-state index contributed by atoms with van der Waals surface area (Å²) in [5, 5.41) is 3.23. The molecule has 0 bridgehead atoms. The van der Waals surface area contributed by atoms with E-state index in [0.29, 0.717) is 10.9 Å². The standard InChI is InChI=1S/C15H18ClNO3/c1-9-6-13(9)20-15(19)10(2)17-14(18)8-11-4-3-5-12(16)7-11/h3-5,7,9-10,13H,6,8H2,1-2H3,(H,17,18)/t9?,10-,13?/m0/s1. The van der Waals surface area contributed by atoms with Gasteiger partial charge in [0.1, 0.15) is 12.1 Å². The summed E-state index contributed by atoms with van der Waals surface area (Å²) in [6.07, 6.45) is 1.13. The van der Waals surface area contributed by atoms with Crippen LogP contribution in [0.3, 0.4) is 0 Å². The van der Waals surface area contributed by atoms with Crippen molar-refractivity contribution < 1.29 is 14.3 Å². The molecule has 5 heteroatoms. The van der Waals surface area contributed by atoms with Gasteiger partial charge in [0.15, 0.2) is 0 Å². The molecule has 4 nitrogen and oxygen atoms in total. The largest absolute Gasteiger partial charge is 0.461 e. The minimum atomic E-state index is -0.630. The predicted octanol–water partition coefficient (Wildman–Crippen LogP) is 2.34. The Kier molecular flexibility index (Phi) is 4.65. The molecule has 0 radical (unpaired) electrons. The molecular formula is C15H18ClNO3. The predicted molar refractivity (Wildman–Crippen MR) is 76.4 cm³/mol. The van der Waals surface area contributed by atoms with Crippen LogP contribution in [0, 0.1) is 5.92 Å². The number of halogens is 1. The number of hydrogen-bond acceptors (Lipinski definition) is 3. The van der Waals surface area contributed by atoms with E-state index >= 15 is 0 Å². The van der Waals surface area contributed by atoms with Crippen molar-refractivity contribution in [3.8, 4) is 0 Å². The Labute approximate surface area is 123 Å². The number of hydrogen-bond donors (Lipinski definition) is 1. The van der Waals surface area contributed by atoms with E-state index in [9.17, 15) is 9.59 Å². The molecule has 1 aliphatic carbocycles. The third-order valence-electron chi connectivity index (χ3n) is 3.29. The van der Waals surface area contributed by atoms with Gasteiger partial charge in [-0.15, -0.1) is 0 Å². The molecular weight excluding hydrogens is 278 g/mol. The van der Waals surface area contributed by atoms with E-state index in [2.05, 4.69) is 5.32 Å². The molecule has 0 heterocycles. The highest BCUT2D eigenvalue weighted by molar-refractivity contribution is 6.30. The number of nitrogens with one attached hydrogen (secondary N) is 1. The summed E-state index contributed by atoms with van der Waals surface area (Å²) in [7, 11) is 0. The molecule has 2 unspecified atom stereocenters. The minimum Gasteiger partial charge on any atom is -0.461 e. The van der Waals surface area contributed by atoms with E-state index < -0.39 is 6.04 Å². The Balaban J connectivity index is 1.80. The molecule has 1 fully saturated rings.